The lowest BCUT2D eigenvalue weighted by Crippen LogP contribution is -2.15. The Kier molecular flexibility index (Phi) is 2.78. The van der Waals surface area contributed by atoms with Gasteiger partial charge in [0.2, 0.25) is 0 Å². The third-order valence-corrected chi connectivity index (χ3v) is 3.61. The highest BCUT2D eigenvalue weighted by Crippen LogP contribution is 2.32. The van der Waals surface area contributed by atoms with Crippen LogP contribution in [0.2, 0.25) is 0 Å². The van der Waals surface area contributed by atoms with Crippen molar-refractivity contribution in [2.24, 2.45) is 0 Å². The molecule has 1 aromatic heterocycles. The number of fused-ring (bicyclic) bond motifs is 1. The van der Waals surface area contributed by atoms with Crippen molar-refractivity contribution in [1.29, 1.82) is 0 Å². The first-order chi connectivity index (χ1) is 8.75. The van der Waals surface area contributed by atoms with Crippen LogP contribution in [0, 0.1) is 0 Å². The number of benzene rings is 1. The van der Waals surface area contributed by atoms with Gasteiger partial charge in [-0.3, -0.25) is 0 Å². The first-order valence-corrected chi connectivity index (χ1v) is 6.52. The summed E-state index contributed by atoms with van der Waals surface area (Å²) in [5.74, 6) is 1.66. The summed E-state index contributed by atoms with van der Waals surface area (Å²) in [5.41, 5.74) is 4.43. The van der Waals surface area contributed by atoms with Crippen LogP contribution < -0.4 is 4.90 Å². The molecule has 0 atom stereocenters. The van der Waals surface area contributed by atoms with E-state index >= 15 is 0 Å². The molecule has 1 aliphatic heterocycles. The number of rotatable bonds is 2. The first kappa shape index (κ1) is 11.3. The lowest BCUT2D eigenvalue weighted by Gasteiger charge is -2.16. The maximum Gasteiger partial charge on any atom is 0.129 e. The highest BCUT2D eigenvalue weighted by atomic mass is 15.2. The molecule has 0 saturated carbocycles. The minimum atomic E-state index is 0.587. The monoisotopic (exact) mass is 238 g/mol. The van der Waals surface area contributed by atoms with Crippen molar-refractivity contribution >= 4 is 5.82 Å². The molecule has 2 aromatic rings. The Morgan fingerprint density at radius 2 is 1.94 bits per heavy atom. The molecule has 92 valence electrons. The second-order valence-corrected chi connectivity index (χ2v) is 5.18. The van der Waals surface area contributed by atoms with E-state index in [-0.39, 0.29) is 0 Å². The van der Waals surface area contributed by atoms with E-state index in [1.54, 1.807) is 0 Å². The van der Waals surface area contributed by atoms with Crippen molar-refractivity contribution in [2.45, 2.75) is 32.9 Å². The molecule has 0 aliphatic carbocycles. The van der Waals surface area contributed by atoms with Crippen LogP contribution in [0.25, 0.3) is 0 Å². The fourth-order valence-electron chi connectivity index (χ4n) is 2.69. The predicted octanol–water partition coefficient (Wildman–Crippen LogP) is 3.73. The number of anilines is 1. The summed E-state index contributed by atoms with van der Waals surface area (Å²) in [6.45, 7) is 6.49. The van der Waals surface area contributed by atoms with Crippen molar-refractivity contribution in [1.82, 2.24) is 4.98 Å². The maximum atomic E-state index is 4.44. The molecule has 2 heterocycles. The Bertz CT molecular complexity index is 546. The zero-order valence-corrected chi connectivity index (χ0v) is 10.9. The van der Waals surface area contributed by atoms with Gasteiger partial charge in [-0.1, -0.05) is 38.1 Å². The minimum Gasteiger partial charge on any atom is -0.348 e. The van der Waals surface area contributed by atoms with Crippen LogP contribution in [0.15, 0.2) is 42.6 Å². The second-order valence-electron chi connectivity index (χ2n) is 5.18. The fourth-order valence-corrected chi connectivity index (χ4v) is 2.69. The van der Waals surface area contributed by atoms with E-state index in [0.717, 1.165) is 18.9 Å². The molecule has 0 radical (unpaired) electrons. The number of nitrogens with zero attached hydrogens (tertiary/aromatic N) is 2. The molecule has 0 unspecified atom stereocenters. The van der Waals surface area contributed by atoms with E-state index in [1.165, 1.54) is 16.7 Å². The third-order valence-electron chi connectivity index (χ3n) is 3.61. The molecular weight excluding hydrogens is 220 g/mol. The van der Waals surface area contributed by atoms with Crippen LogP contribution in [-0.4, -0.2) is 4.98 Å². The van der Waals surface area contributed by atoms with E-state index in [4.69, 9.17) is 0 Å². The van der Waals surface area contributed by atoms with Gasteiger partial charge in [-0.05, 0) is 34.7 Å². The quantitative estimate of drug-likeness (QED) is 0.792. The molecular formula is C16H18N2. The molecule has 2 nitrogen and oxygen atoms in total. The van der Waals surface area contributed by atoms with Gasteiger partial charge in [-0.25, -0.2) is 4.98 Å². The van der Waals surface area contributed by atoms with E-state index in [2.05, 4.69) is 54.1 Å². The Labute approximate surface area is 108 Å². The normalized spacial score (nSPS) is 14.1. The van der Waals surface area contributed by atoms with Gasteiger partial charge in [0.1, 0.15) is 5.82 Å². The second kappa shape index (κ2) is 4.45. The summed E-state index contributed by atoms with van der Waals surface area (Å²) in [7, 11) is 0. The summed E-state index contributed by atoms with van der Waals surface area (Å²) < 4.78 is 0. The van der Waals surface area contributed by atoms with Gasteiger partial charge in [-0.2, -0.15) is 0 Å². The van der Waals surface area contributed by atoms with Gasteiger partial charge in [0.05, 0.1) is 0 Å². The highest BCUT2D eigenvalue weighted by molar-refractivity contribution is 5.50. The van der Waals surface area contributed by atoms with Crippen LogP contribution in [-0.2, 0) is 13.1 Å². The zero-order chi connectivity index (χ0) is 12.5. The lowest BCUT2D eigenvalue weighted by atomic mass is 9.95. The van der Waals surface area contributed by atoms with Crippen LogP contribution in [0.4, 0.5) is 5.82 Å². The molecule has 1 aromatic carbocycles. The predicted molar refractivity (Wildman–Crippen MR) is 74.7 cm³/mol. The molecule has 3 rings (SSSR count). The van der Waals surface area contributed by atoms with E-state index < -0.39 is 0 Å². The van der Waals surface area contributed by atoms with Gasteiger partial charge in [0.15, 0.2) is 0 Å². The molecule has 0 fully saturated rings. The van der Waals surface area contributed by atoms with Crippen molar-refractivity contribution < 1.29 is 0 Å². The molecule has 0 spiro atoms. The summed E-state index contributed by atoms with van der Waals surface area (Å²) >= 11 is 0. The average molecular weight is 238 g/mol. The van der Waals surface area contributed by atoms with E-state index in [9.17, 15) is 0 Å². The Morgan fingerprint density at radius 1 is 1.06 bits per heavy atom. The SMILES string of the molecule is CC(C)c1cccc2c1CN(c1ccccn1)C2. The number of pyridine rings is 1. The molecule has 0 bridgehead atoms. The smallest absolute Gasteiger partial charge is 0.129 e. The molecule has 1 aliphatic rings. The minimum absolute atomic E-state index is 0.587. The molecule has 0 saturated heterocycles. The number of hydrogen-bond acceptors (Lipinski definition) is 2. The van der Waals surface area contributed by atoms with Crippen molar-refractivity contribution in [3.05, 3.63) is 59.3 Å². The number of hydrogen-bond donors (Lipinski definition) is 0. The average Bonchev–Trinajstić information content (AvgIpc) is 2.83. The molecule has 0 N–H and O–H groups in total. The third kappa shape index (κ3) is 1.88. The Balaban J connectivity index is 1.94. The summed E-state index contributed by atoms with van der Waals surface area (Å²) in [4.78, 5) is 6.79. The standard InChI is InChI=1S/C16H18N2/c1-12(2)14-7-5-6-13-10-18(11-15(13)14)16-8-3-4-9-17-16/h3-9,12H,10-11H2,1-2H3. The van der Waals surface area contributed by atoms with Crippen molar-refractivity contribution in [3.63, 3.8) is 0 Å². The lowest BCUT2D eigenvalue weighted by molar-refractivity contribution is 0.824. The van der Waals surface area contributed by atoms with Gasteiger partial charge in [-0.15, -0.1) is 0 Å². The fraction of sp³-hybridized carbons (Fsp3) is 0.312. The molecule has 0 amide bonds. The maximum absolute atomic E-state index is 4.44. The van der Waals surface area contributed by atoms with Crippen LogP contribution in [0.3, 0.4) is 0 Å². The van der Waals surface area contributed by atoms with Crippen LogP contribution >= 0.6 is 0 Å². The van der Waals surface area contributed by atoms with Gasteiger partial charge in [0.25, 0.3) is 0 Å². The summed E-state index contributed by atoms with van der Waals surface area (Å²) in [6.07, 6.45) is 1.86. The van der Waals surface area contributed by atoms with Crippen LogP contribution in [0.1, 0.15) is 36.5 Å². The van der Waals surface area contributed by atoms with Gasteiger partial charge < -0.3 is 4.90 Å². The first-order valence-electron chi connectivity index (χ1n) is 6.52. The van der Waals surface area contributed by atoms with Gasteiger partial charge >= 0.3 is 0 Å². The Hall–Kier alpha value is -1.83. The number of aromatic nitrogens is 1. The molecule has 18 heavy (non-hydrogen) atoms. The van der Waals surface area contributed by atoms with E-state index in [1.807, 2.05) is 12.3 Å². The van der Waals surface area contributed by atoms with Crippen LogP contribution in [0.5, 0.6) is 0 Å². The van der Waals surface area contributed by atoms with Crippen molar-refractivity contribution in [2.75, 3.05) is 4.90 Å². The molecule has 2 heteroatoms. The Morgan fingerprint density at radius 3 is 2.67 bits per heavy atom. The summed E-state index contributed by atoms with van der Waals surface area (Å²) in [5, 5.41) is 0. The summed E-state index contributed by atoms with van der Waals surface area (Å²) in [6, 6.07) is 12.8. The van der Waals surface area contributed by atoms with Crippen molar-refractivity contribution in [3.8, 4) is 0 Å². The topological polar surface area (TPSA) is 16.1 Å². The largest absolute Gasteiger partial charge is 0.348 e. The van der Waals surface area contributed by atoms with Gasteiger partial charge in [0, 0.05) is 19.3 Å². The highest BCUT2D eigenvalue weighted by Gasteiger charge is 2.22. The van der Waals surface area contributed by atoms with E-state index in [0.29, 0.717) is 5.92 Å². The zero-order valence-electron chi connectivity index (χ0n) is 10.9.